The van der Waals surface area contributed by atoms with Gasteiger partial charge in [-0.25, -0.2) is 0 Å². The van der Waals surface area contributed by atoms with E-state index in [0.717, 1.165) is 18.4 Å². The van der Waals surface area contributed by atoms with E-state index in [9.17, 15) is 14.7 Å². The normalized spacial score (nSPS) is 15.9. The lowest BCUT2D eigenvalue weighted by molar-refractivity contribution is -0.132. The van der Waals surface area contributed by atoms with Crippen molar-refractivity contribution in [2.75, 3.05) is 25.7 Å². The third-order valence-corrected chi connectivity index (χ3v) is 9.32. The summed E-state index contributed by atoms with van der Waals surface area (Å²) in [4.78, 5) is 28.5. The average Bonchev–Trinajstić information content (AvgIpc) is 3.62. The molecule has 44 heavy (non-hydrogen) atoms. The Morgan fingerprint density at radius 1 is 1.00 bits per heavy atom. The molecule has 1 aliphatic rings. The van der Waals surface area contributed by atoms with Crippen LogP contribution in [0.2, 0.25) is 5.02 Å². The molecule has 0 spiro atoms. The van der Waals surface area contributed by atoms with E-state index in [1.54, 1.807) is 42.5 Å². The number of carbonyl (C=O) groups is 2. The van der Waals surface area contributed by atoms with E-state index in [4.69, 9.17) is 25.8 Å². The van der Waals surface area contributed by atoms with Gasteiger partial charge in [0.2, 0.25) is 5.13 Å². The Morgan fingerprint density at radius 2 is 1.73 bits per heavy atom. The van der Waals surface area contributed by atoms with Crippen molar-refractivity contribution in [3.05, 3.63) is 94.0 Å². The second-order valence-electron chi connectivity index (χ2n) is 9.78. The number of benzene rings is 3. The molecule has 12 heteroatoms. The van der Waals surface area contributed by atoms with Gasteiger partial charge in [-0.3, -0.25) is 14.5 Å². The Labute approximate surface area is 268 Å². The molecule has 1 N–H and O–H groups in total. The molecule has 4 aromatic rings. The first kappa shape index (κ1) is 31.4. The van der Waals surface area contributed by atoms with Gasteiger partial charge in [0.1, 0.15) is 11.5 Å². The minimum atomic E-state index is -1.00. The van der Waals surface area contributed by atoms with Crippen molar-refractivity contribution < 1.29 is 28.9 Å². The molecule has 0 saturated carbocycles. The van der Waals surface area contributed by atoms with Crippen LogP contribution in [-0.4, -0.2) is 47.8 Å². The van der Waals surface area contributed by atoms with E-state index in [0.29, 0.717) is 50.1 Å². The smallest absolute Gasteiger partial charge is 0.301 e. The summed E-state index contributed by atoms with van der Waals surface area (Å²) in [5, 5.41) is 20.9. The van der Waals surface area contributed by atoms with E-state index >= 15 is 0 Å². The number of nitrogens with zero attached hydrogens (tertiary/aromatic N) is 3. The van der Waals surface area contributed by atoms with Crippen LogP contribution >= 0.6 is 34.7 Å². The SMILES string of the molecule is CCCCOc1ccc(C(O)=C2C(=O)C(=O)N(c3nnc(SCc4ccc(Cl)cc4)s3)[C@H]2c2ccc(OC)c(OC)c2)cc1. The maximum atomic E-state index is 13.6. The summed E-state index contributed by atoms with van der Waals surface area (Å²) in [5.74, 6) is 0.163. The molecule has 0 aliphatic carbocycles. The number of aromatic nitrogens is 2. The van der Waals surface area contributed by atoms with Crippen molar-refractivity contribution in [1.29, 1.82) is 0 Å². The Hall–Kier alpha value is -4.06. The van der Waals surface area contributed by atoms with E-state index in [2.05, 4.69) is 17.1 Å². The highest BCUT2D eigenvalue weighted by Crippen LogP contribution is 2.45. The van der Waals surface area contributed by atoms with E-state index < -0.39 is 17.7 Å². The highest BCUT2D eigenvalue weighted by Gasteiger charge is 2.48. The number of thioether (sulfide) groups is 1. The number of aliphatic hydroxyl groups excluding tert-OH is 1. The van der Waals surface area contributed by atoms with Crippen LogP contribution in [0.3, 0.4) is 0 Å². The van der Waals surface area contributed by atoms with Gasteiger partial charge in [0.15, 0.2) is 15.8 Å². The lowest BCUT2D eigenvalue weighted by atomic mass is 9.95. The number of aliphatic hydroxyl groups is 1. The third kappa shape index (κ3) is 6.69. The van der Waals surface area contributed by atoms with Gasteiger partial charge >= 0.3 is 5.91 Å². The van der Waals surface area contributed by atoms with E-state index in [1.165, 1.54) is 42.2 Å². The number of rotatable bonds is 12. The number of anilines is 1. The van der Waals surface area contributed by atoms with Crippen LogP contribution in [-0.2, 0) is 15.3 Å². The largest absolute Gasteiger partial charge is 0.507 e. The topological polar surface area (TPSA) is 111 Å². The van der Waals surface area contributed by atoms with Gasteiger partial charge in [0, 0.05) is 16.3 Å². The molecule has 3 aromatic carbocycles. The molecule has 1 aliphatic heterocycles. The van der Waals surface area contributed by atoms with Gasteiger partial charge < -0.3 is 19.3 Å². The predicted octanol–water partition coefficient (Wildman–Crippen LogP) is 7.31. The van der Waals surface area contributed by atoms with Gasteiger partial charge in [-0.05, 0) is 66.1 Å². The van der Waals surface area contributed by atoms with Gasteiger partial charge in [-0.2, -0.15) is 0 Å². The van der Waals surface area contributed by atoms with Crippen molar-refractivity contribution in [2.45, 2.75) is 35.9 Å². The fraction of sp³-hybridized carbons (Fsp3) is 0.250. The zero-order chi connectivity index (χ0) is 31.2. The number of ketones is 1. The third-order valence-electron chi connectivity index (χ3n) is 6.94. The van der Waals surface area contributed by atoms with Crippen LogP contribution < -0.4 is 19.1 Å². The summed E-state index contributed by atoms with van der Waals surface area (Å²) in [6, 6.07) is 18.3. The lowest BCUT2D eigenvalue weighted by Gasteiger charge is -2.23. The first-order valence-corrected chi connectivity index (χ1v) is 16.0. The van der Waals surface area contributed by atoms with E-state index in [1.807, 2.05) is 24.3 Å². The Balaban J connectivity index is 1.53. The van der Waals surface area contributed by atoms with Crippen molar-refractivity contribution in [2.24, 2.45) is 0 Å². The maximum Gasteiger partial charge on any atom is 0.301 e. The number of halogens is 1. The Bertz CT molecular complexity index is 1670. The number of unbranched alkanes of at least 4 members (excludes halogenated alkanes) is 1. The zero-order valence-electron chi connectivity index (χ0n) is 24.3. The monoisotopic (exact) mass is 651 g/mol. The highest BCUT2D eigenvalue weighted by molar-refractivity contribution is 8.00. The van der Waals surface area contributed by atoms with E-state index in [-0.39, 0.29) is 16.5 Å². The van der Waals surface area contributed by atoms with Crippen LogP contribution in [0.15, 0.2) is 76.6 Å². The van der Waals surface area contributed by atoms with Gasteiger partial charge in [-0.15, -0.1) is 10.2 Å². The molecule has 0 bridgehead atoms. The molecule has 0 unspecified atom stereocenters. The minimum Gasteiger partial charge on any atom is -0.507 e. The second kappa shape index (κ2) is 14.1. The molecular formula is C32H30ClN3O6S2. The van der Waals surface area contributed by atoms with Crippen molar-refractivity contribution in [3.8, 4) is 17.2 Å². The van der Waals surface area contributed by atoms with Crippen LogP contribution in [0, 0.1) is 0 Å². The standard InChI is InChI=1S/C32H30ClN3O6S2/c1-4-5-16-42-23-13-8-20(9-14-23)28(37)26-27(21-10-15-24(40-2)25(17-21)41-3)36(30(39)29(26)38)31-34-35-32(44-31)43-18-19-6-11-22(33)12-7-19/h6-15,17,27,37H,4-5,16,18H2,1-3H3/t27-/m0/s1. The van der Waals surface area contributed by atoms with Crippen molar-refractivity contribution in [1.82, 2.24) is 10.2 Å². The maximum absolute atomic E-state index is 13.6. The first-order chi connectivity index (χ1) is 21.3. The average molecular weight is 652 g/mol. The number of Topliss-reactive ketones (excluding diaryl/α,β-unsaturated/α-hetero) is 1. The Morgan fingerprint density at radius 3 is 2.41 bits per heavy atom. The molecule has 1 aromatic heterocycles. The molecule has 0 radical (unpaired) electrons. The minimum absolute atomic E-state index is 0.0764. The second-order valence-corrected chi connectivity index (χ2v) is 12.4. The predicted molar refractivity (Wildman–Crippen MR) is 172 cm³/mol. The molecule has 1 saturated heterocycles. The fourth-order valence-corrected chi connectivity index (χ4v) is 6.60. The van der Waals surface area contributed by atoms with Gasteiger partial charge in [0.05, 0.1) is 32.4 Å². The number of carbonyl (C=O) groups excluding carboxylic acids is 2. The molecule has 1 atom stereocenters. The van der Waals surface area contributed by atoms with Crippen LogP contribution in [0.4, 0.5) is 5.13 Å². The molecular weight excluding hydrogens is 622 g/mol. The summed E-state index contributed by atoms with van der Waals surface area (Å²) >= 11 is 8.64. The first-order valence-electron chi connectivity index (χ1n) is 13.8. The molecule has 1 amide bonds. The summed E-state index contributed by atoms with van der Waals surface area (Å²) in [6.45, 7) is 2.66. The fourth-order valence-electron chi connectivity index (χ4n) is 4.65. The van der Waals surface area contributed by atoms with Crippen LogP contribution in [0.1, 0.15) is 42.5 Å². The molecule has 1 fully saturated rings. The van der Waals surface area contributed by atoms with Crippen LogP contribution in [0.5, 0.6) is 17.2 Å². The molecule has 9 nitrogen and oxygen atoms in total. The van der Waals surface area contributed by atoms with Crippen molar-refractivity contribution >= 4 is 57.3 Å². The molecule has 5 rings (SSSR count). The van der Waals surface area contributed by atoms with Crippen LogP contribution in [0.25, 0.3) is 5.76 Å². The number of methoxy groups -OCH3 is 2. The summed E-state index contributed by atoms with van der Waals surface area (Å²) in [6.07, 6.45) is 1.93. The lowest BCUT2D eigenvalue weighted by Crippen LogP contribution is -2.29. The quantitative estimate of drug-likeness (QED) is 0.0421. The Kier molecular flexibility index (Phi) is 10.1. The number of hydrogen-bond donors (Lipinski definition) is 1. The molecule has 228 valence electrons. The highest BCUT2D eigenvalue weighted by atomic mass is 35.5. The van der Waals surface area contributed by atoms with Gasteiger partial charge in [0.25, 0.3) is 5.78 Å². The summed E-state index contributed by atoms with van der Waals surface area (Å²) < 4.78 is 17.3. The number of ether oxygens (including phenoxy) is 3. The molecule has 2 heterocycles. The number of amides is 1. The summed E-state index contributed by atoms with van der Waals surface area (Å²) in [5.41, 5.74) is 1.86. The summed E-state index contributed by atoms with van der Waals surface area (Å²) in [7, 11) is 3.02. The number of hydrogen-bond acceptors (Lipinski definition) is 10. The van der Waals surface area contributed by atoms with Crippen molar-refractivity contribution in [3.63, 3.8) is 0 Å². The van der Waals surface area contributed by atoms with Gasteiger partial charge in [-0.1, -0.05) is 66.2 Å². The zero-order valence-corrected chi connectivity index (χ0v) is 26.7.